The predicted molar refractivity (Wildman–Crippen MR) is 86.5 cm³/mol. The van der Waals surface area contributed by atoms with Gasteiger partial charge in [0.25, 0.3) is 0 Å². The van der Waals surface area contributed by atoms with Gasteiger partial charge in [-0.05, 0) is 44.0 Å². The molecule has 1 aromatic carbocycles. The molecule has 0 aliphatic rings. The Bertz CT molecular complexity index is 660. The minimum atomic E-state index is 0.295. The highest BCUT2D eigenvalue weighted by Crippen LogP contribution is 2.36. The lowest BCUT2D eigenvalue weighted by atomic mass is 10.0. The van der Waals surface area contributed by atoms with Crippen molar-refractivity contribution in [1.82, 2.24) is 5.32 Å². The Morgan fingerprint density at radius 2 is 1.74 bits per heavy atom. The largest absolute Gasteiger partial charge is 0.309 e. The van der Waals surface area contributed by atoms with E-state index in [1.54, 1.807) is 0 Å². The number of hydrogen-bond donors (Lipinski definition) is 1. The molecule has 0 aliphatic carbocycles. The molecule has 2 aromatic heterocycles. The van der Waals surface area contributed by atoms with Crippen LogP contribution in [0, 0.1) is 13.8 Å². The molecular weight excluding hydrogens is 270 g/mol. The molecule has 0 amide bonds. The van der Waals surface area contributed by atoms with Crippen LogP contribution in [0.5, 0.6) is 0 Å². The lowest BCUT2D eigenvalue weighted by molar-refractivity contribution is 0.703. The number of aryl methyl sites for hydroxylation is 2. The first kappa shape index (κ1) is 12.9. The molecule has 3 rings (SSSR count). The fourth-order valence-corrected chi connectivity index (χ4v) is 4.83. The van der Waals surface area contributed by atoms with Crippen molar-refractivity contribution < 1.29 is 0 Å². The quantitative estimate of drug-likeness (QED) is 0.723. The van der Waals surface area contributed by atoms with Gasteiger partial charge in [-0.3, -0.25) is 0 Å². The van der Waals surface area contributed by atoms with Gasteiger partial charge in [0.1, 0.15) is 0 Å². The molecule has 0 fully saturated rings. The van der Waals surface area contributed by atoms with Gasteiger partial charge in [-0.25, -0.2) is 0 Å². The van der Waals surface area contributed by atoms with E-state index in [1.807, 2.05) is 29.7 Å². The Hall–Kier alpha value is -1.16. The lowest BCUT2D eigenvalue weighted by Crippen LogP contribution is -2.16. The van der Waals surface area contributed by atoms with Crippen LogP contribution < -0.4 is 5.32 Å². The topological polar surface area (TPSA) is 12.0 Å². The predicted octanol–water partition coefficient (Wildman–Crippen LogP) is 4.89. The average molecular weight is 287 g/mol. The van der Waals surface area contributed by atoms with Crippen LogP contribution in [0.25, 0.3) is 9.40 Å². The van der Waals surface area contributed by atoms with E-state index in [1.165, 1.54) is 31.0 Å². The van der Waals surface area contributed by atoms with Crippen LogP contribution in [0.2, 0.25) is 0 Å². The van der Waals surface area contributed by atoms with Crippen LogP contribution in [0.1, 0.15) is 27.6 Å². The van der Waals surface area contributed by atoms with Gasteiger partial charge in [0.15, 0.2) is 0 Å². The number of thiophene rings is 2. The molecule has 0 bridgehead atoms. The Balaban J connectivity index is 2.06. The maximum absolute atomic E-state index is 3.45. The summed E-state index contributed by atoms with van der Waals surface area (Å²) in [6, 6.07) is 11.6. The van der Waals surface area contributed by atoms with Crippen LogP contribution >= 0.6 is 22.7 Å². The minimum Gasteiger partial charge on any atom is -0.309 e. The van der Waals surface area contributed by atoms with E-state index in [4.69, 9.17) is 0 Å². The summed E-state index contributed by atoms with van der Waals surface area (Å²) in [7, 11) is 2.04. The van der Waals surface area contributed by atoms with Gasteiger partial charge >= 0.3 is 0 Å². The number of rotatable bonds is 3. The van der Waals surface area contributed by atoms with E-state index >= 15 is 0 Å². The Morgan fingerprint density at radius 3 is 2.37 bits per heavy atom. The van der Waals surface area contributed by atoms with E-state index < -0.39 is 0 Å². The second-order valence-corrected chi connectivity index (χ2v) is 7.00. The molecule has 3 aromatic rings. The van der Waals surface area contributed by atoms with Gasteiger partial charge in [0.05, 0.1) is 6.04 Å². The molecule has 1 nitrogen and oxygen atoms in total. The van der Waals surface area contributed by atoms with Crippen molar-refractivity contribution in [1.29, 1.82) is 0 Å². The summed E-state index contributed by atoms with van der Waals surface area (Å²) in [5, 5.41) is 5.62. The summed E-state index contributed by atoms with van der Waals surface area (Å²) >= 11 is 3.71. The fraction of sp³-hybridized carbons (Fsp3) is 0.250. The molecule has 3 heteroatoms. The molecule has 2 heterocycles. The Labute approximate surface area is 121 Å². The maximum Gasteiger partial charge on any atom is 0.0669 e. The van der Waals surface area contributed by atoms with Crippen LogP contribution in [0.15, 0.2) is 35.7 Å². The van der Waals surface area contributed by atoms with Gasteiger partial charge in [-0.1, -0.05) is 29.3 Å². The first-order valence-corrected chi connectivity index (χ1v) is 8.09. The standard InChI is InChI=1S/C16H17NS2/c1-10-6-11(2)8-12(7-10)16(17-3)15-9-14-13(19-15)4-5-18-14/h4-9,16-17H,1-3H3. The van der Waals surface area contributed by atoms with Gasteiger partial charge in [-0.2, -0.15) is 0 Å². The van der Waals surface area contributed by atoms with E-state index in [0.717, 1.165) is 0 Å². The molecule has 19 heavy (non-hydrogen) atoms. The van der Waals surface area contributed by atoms with Gasteiger partial charge in [-0.15, -0.1) is 22.7 Å². The third kappa shape index (κ3) is 2.46. The average Bonchev–Trinajstić information content (AvgIpc) is 2.89. The third-order valence-electron chi connectivity index (χ3n) is 3.31. The SMILES string of the molecule is CNC(c1cc(C)cc(C)c1)c1cc2sccc2s1. The van der Waals surface area contributed by atoms with Gasteiger partial charge in [0.2, 0.25) is 0 Å². The van der Waals surface area contributed by atoms with Crippen LogP contribution in [0.4, 0.5) is 0 Å². The summed E-state index contributed by atoms with van der Waals surface area (Å²) in [6.07, 6.45) is 0. The lowest BCUT2D eigenvalue weighted by Gasteiger charge is -2.16. The summed E-state index contributed by atoms with van der Waals surface area (Å²) in [6.45, 7) is 4.33. The van der Waals surface area contributed by atoms with E-state index in [9.17, 15) is 0 Å². The highest BCUT2D eigenvalue weighted by Gasteiger charge is 2.16. The summed E-state index contributed by atoms with van der Waals surface area (Å²) in [5.41, 5.74) is 4.01. The second kappa shape index (κ2) is 5.08. The molecule has 0 radical (unpaired) electrons. The number of benzene rings is 1. The summed E-state index contributed by atoms with van der Waals surface area (Å²) in [4.78, 5) is 1.40. The molecule has 1 N–H and O–H groups in total. The molecular formula is C16H17NS2. The Morgan fingerprint density at radius 1 is 1.00 bits per heavy atom. The number of fused-ring (bicyclic) bond motifs is 1. The molecule has 0 spiro atoms. The van der Waals surface area contributed by atoms with E-state index in [2.05, 4.69) is 54.9 Å². The maximum atomic E-state index is 3.45. The molecule has 1 unspecified atom stereocenters. The van der Waals surface area contributed by atoms with Crippen molar-refractivity contribution in [2.24, 2.45) is 0 Å². The van der Waals surface area contributed by atoms with Gasteiger partial charge < -0.3 is 5.32 Å². The third-order valence-corrected chi connectivity index (χ3v) is 5.47. The normalized spacial score (nSPS) is 13.0. The molecule has 0 saturated heterocycles. The first-order valence-electron chi connectivity index (χ1n) is 6.40. The first-order chi connectivity index (χ1) is 9.17. The van der Waals surface area contributed by atoms with Crippen molar-refractivity contribution in [3.05, 3.63) is 57.3 Å². The molecule has 0 saturated carbocycles. The zero-order valence-corrected chi connectivity index (χ0v) is 13.0. The van der Waals surface area contributed by atoms with Crippen molar-refractivity contribution >= 4 is 32.1 Å². The minimum absolute atomic E-state index is 0.295. The number of hydrogen-bond acceptors (Lipinski definition) is 3. The molecule has 0 aliphatic heterocycles. The van der Waals surface area contributed by atoms with Crippen LogP contribution in [-0.4, -0.2) is 7.05 Å². The zero-order valence-electron chi connectivity index (χ0n) is 11.4. The summed E-state index contributed by atoms with van der Waals surface area (Å²) < 4.78 is 2.79. The highest BCUT2D eigenvalue weighted by molar-refractivity contribution is 7.27. The van der Waals surface area contributed by atoms with Crippen LogP contribution in [0.3, 0.4) is 0 Å². The molecule has 1 atom stereocenters. The smallest absolute Gasteiger partial charge is 0.0669 e. The van der Waals surface area contributed by atoms with Crippen LogP contribution in [-0.2, 0) is 0 Å². The van der Waals surface area contributed by atoms with E-state index in [0.29, 0.717) is 6.04 Å². The fourth-order valence-electron chi connectivity index (χ4n) is 2.58. The number of nitrogens with one attached hydrogen (secondary N) is 1. The monoisotopic (exact) mass is 287 g/mol. The van der Waals surface area contributed by atoms with Crippen molar-refractivity contribution in [3.8, 4) is 0 Å². The van der Waals surface area contributed by atoms with Crippen molar-refractivity contribution in [3.63, 3.8) is 0 Å². The van der Waals surface area contributed by atoms with Crippen molar-refractivity contribution in [2.45, 2.75) is 19.9 Å². The van der Waals surface area contributed by atoms with Gasteiger partial charge in [0, 0.05) is 14.3 Å². The zero-order chi connectivity index (χ0) is 13.4. The second-order valence-electron chi connectivity index (χ2n) is 4.94. The molecule has 98 valence electrons. The summed E-state index contributed by atoms with van der Waals surface area (Å²) in [5.74, 6) is 0. The van der Waals surface area contributed by atoms with Crippen molar-refractivity contribution in [2.75, 3.05) is 7.05 Å². The highest BCUT2D eigenvalue weighted by atomic mass is 32.1. The van der Waals surface area contributed by atoms with E-state index in [-0.39, 0.29) is 0 Å². The Kier molecular flexibility index (Phi) is 3.44.